The summed E-state index contributed by atoms with van der Waals surface area (Å²) in [5, 5.41) is 9.75. The minimum atomic E-state index is 0.246. The molecule has 0 unspecified atom stereocenters. The van der Waals surface area contributed by atoms with Gasteiger partial charge in [-0.1, -0.05) is 32.0 Å². The van der Waals surface area contributed by atoms with Crippen molar-refractivity contribution in [3.05, 3.63) is 53.1 Å². The van der Waals surface area contributed by atoms with E-state index in [4.69, 9.17) is 14.7 Å². The number of hydrogen-bond donors (Lipinski definition) is 2. The Morgan fingerprint density at radius 2 is 2.09 bits per heavy atom. The van der Waals surface area contributed by atoms with Crippen molar-refractivity contribution in [1.82, 2.24) is 24.6 Å². The lowest BCUT2D eigenvalue weighted by Crippen LogP contribution is -2.29. The maximum absolute atomic E-state index is 5.74. The fourth-order valence-corrected chi connectivity index (χ4v) is 5.21. The predicted molar refractivity (Wildman–Crippen MR) is 125 cm³/mol. The van der Waals surface area contributed by atoms with Gasteiger partial charge in [-0.25, -0.2) is 4.98 Å². The maximum Gasteiger partial charge on any atom is 0.227 e. The van der Waals surface area contributed by atoms with Gasteiger partial charge in [-0.05, 0) is 49.7 Å². The highest BCUT2D eigenvalue weighted by Crippen LogP contribution is 2.31. The summed E-state index contributed by atoms with van der Waals surface area (Å²) >= 11 is 0. The van der Waals surface area contributed by atoms with Gasteiger partial charge in [0.05, 0.1) is 12.8 Å². The van der Waals surface area contributed by atoms with E-state index in [-0.39, 0.29) is 5.92 Å². The number of benzene rings is 1. The Hall–Kier alpha value is -2.93. The van der Waals surface area contributed by atoms with Crippen LogP contribution in [0.3, 0.4) is 0 Å². The summed E-state index contributed by atoms with van der Waals surface area (Å²) in [7, 11) is 0. The molecule has 7 nitrogen and oxygen atoms in total. The Morgan fingerprint density at radius 1 is 1.19 bits per heavy atom. The molecule has 4 heterocycles. The molecule has 7 heteroatoms. The molecule has 1 saturated heterocycles. The van der Waals surface area contributed by atoms with E-state index < -0.39 is 0 Å². The molecule has 0 bridgehead atoms. The van der Waals surface area contributed by atoms with Gasteiger partial charge in [0, 0.05) is 40.7 Å². The summed E-state index contributed by atoms with van der Waals surface area (Å²) in [6, 6.07) is 8.91. The van der Waals surface area contributed by atoms with Crippen LogP contribution in [0.4, 0.5) is 5.95 Å². The van der Waals surface area contributed by atoms with Crippen LogP contribution in [0.1, 0.15) is 67.6 Å². The minimum Gasteiger partial charge on any atom is -0.381 e. The van der Waals surface area contributed by atoms with Gasteiger partial charge >= 0.3 is 0 Å². The summed E-state index contributed by atoms with van der Waals surface area (Å²) in [5.74, 6) is 2.28. The lowest BCUT2D eigenvalue weighted by Gasteiger charge is -2.25. The van der Waals surface area contributed by atoms with Crippen LogP contribution in [-0.4, -0.2) is 43.8 Å². The Balaban J connectivity index is 1.36. The van der Waals surface area contributed by atoms with Crippen molar-refractivity contribution in [1.29, 1.82) is 0 Å². The number of para-hydroxylation sites is 1. The van der Waals surface area contributed by atoms with Gasteiger partial charge in [0.1, 0.15) is 5.82 Å². The van der Waals surface area contributed by atoms with Crippen LogP contribution in [0.15, 0.2) is 30.5 Å². The Kier molecular flexibility index (Phi) is 4.86. The van der Waals surface area contributed by atoms with Gasteiger partial charge in [0.15, 0.2) is 5.65 Å². The van der Waals surface area contributed by atoms with Crippen molar-refractivity contribution in [3.8, 4) is 0 Å². The van der Waals surface area contributed by atoms with Gasteiger partial charge in [0.2, 0.25) is 5.95 Å². The fraction of sp³-hybridized carbons (Fsp3) is 0.480. The van der Waals surface area contributed by atoms with Crippen LogP contribution in [0, 0.1) is 0 Å². The Bertz CT molecular complexity index is 1270. The van der Waals surface area contributed by atoms with Gasteiger partial charge in [-0.15, -0.1) is 0 Å². The summed E-state index contributed by atoms with van der Waals surface area (Å²) < 4.78 is 7.64. The van der Waals surface area contributed by atoms with Crippen molar-refractivity contribution < 1.29 is 4.74 Å². The SMILES string of the molecule is CC(C)c1cnn2c(N[C@@H]3CCc4[nH]c5ccccc5c4C3)nc([C@@H]3CCCOC3)nc12. The number of fused-ring (bicyclic) bond motifs is 4. The lowest BCUT2D eigenvalue weighted by atomic mass is 9.91. The van der Waals surface area contributed by atoms with Crippen molar-refractivity contribution in [2.45, 2.75) is 63.8 Å². The first-order valence-electron chi connectivity index (χ1n) is 11.9. The van der Waals surface area contributed by atoms with Crippen molar-refractivity contribution in [2.75, 3.05) is 18.5 Å². The smallest absolute Gasteiger partial charge is 0.227 e. The van der Waals surface area contributed by atoms with E-state index >= 15 is 0 Å². The third-order valence-electron chi connectivity index (χ3n) is 6.99. The molecule has 2 N–H and O–H groups in total. The highest BCUT2D eigenvalue weighted by molar-refractivity contribution is 5.85. The molecule has 2 aliphatic rings. The zero-order valence-corrected chi connectivity index (χ0v) is 18.8. The molecule has 0 amide bonds. The average molecular weight is 431 g/mol. The molecule has 1 aliphatic heterocycles. The quantitative estimate of drug-likeness (QED) is 0.495. The highest BCUT2D eigenvalue weighted by atomic mass is 16.5. The average Bonchev–Trinajstić information content (AvgIpc) is 3.41. The van der Waals surface area contributed by atoms with Crippen LogP contribution in [0.25, 0.3) is 16.6 Å². The Morgan fingerprint density at radius 3 is 2.94 bits per heavy atom. The van der Waals surface area contributed by atoms with Gasteiger partial charge in [0.25, 0.3) is 0 Å². The van der Waals surface area contributed by atoms with Crippen molar-refractivity contribution in [2.24, 2.45) is 0 Å². The first-order chi connectivity index (χ1) is 15.7. The molecule has 0 saturated carbocycles. The fourth-order valence-electron chi connectivity index (χ4n) is 5.21. The second kappa shape index (κ2) is 7.89. The molecule has 3 aromatic heterocycles. The molecule has 4 aromatic rings. The van der Waals surface area contributed by atoms with Gasteiger partial charge in [-0.2, -0.15) is 14.6 Å². The van der Waals surface area contributed by atoms with E-state index in [9.17, 15) is 0 Å². The number of aromatic amines is 1. The minimum absolute atomic E-state index is 0.246. The number of anilines is 1. The summed E-state index contributed by atoms with van der Waals surface area (Å²) in [4.78, 5) is 13.6. The number of aromatic nitrogens is 5. The summed E-state index contributed by atoms with van der Waals surface area (Å²) in [6.07, 6.45) is 7.15. The third kappa shape index (κ3) is 3.35. The number of H-pyrrole nitrogens is 1. The zero-order chi connectivity index (χ0) is 21.7. The molecular formula is C25H30N6O. The Labute approximate surface area is 187 Å². The van der Waals surface area contributed by atoms with Gasteiger partial charge < -0.3 is 15.0 Å². The van der Waals surface area contributed by atoms with Crippen LogP contribution in [0.2, 0.25) is 0 Å². The maximum atomic E-state index is 5.74. The van der Waals surface area contributed by atoms with Crippen molar-refractivity contribution in [3.63, 3.8) is 0 Å². The lowest BCUT2D eigenvalue weighted by molar-refractivity contribution is 0.0781. The van der Waals surface area contributed by atoms with Crippen LogP contribution < -0.4 is 5.32 Å². The number of ether oxygens (including phenoxy) is 1. The molecule has 6 rings (SSSR count). The normalized spacial score (nSPS) is 21.3. The number of nitrogens with one attached hydrogen (secondary N) is 2. The number of nitrogens with zero attached hydrogens (tertiary/aromatic N) is 4. The monoisotopic (exact) mass is 430 g/mol. The zero-order valence-electron chi connectivity index (χ0n) is 18.8. The molecule has 2 atom stereocenters. The standard InChI is InChI=1S/C25H30N6O/c1-15(2)20-13-26-31-24(20)29-23(16-6-5-11-32-14-16)30-25(31)27-17-9-10-22-19(12-17)18-7-3-4-8-21(18)28-22/h3-4,7-8,13,15-17,28H,5-6,9-12,14H2,1-2H3,(H,27,29,30)/t16-,17-/m1/s1. The molecule has 32 heavy (non-hydrogen) atoms. The van der Waals surface area contributed by atoms with E-state index in [0.717, 1.165) is 61.7 Å². The predicted octanol–water partition coefficient (Wildman–Crippen LogP) is 4.59. The molecule has 1 aliphatic carbocycles. The summed E-state index contributed by atoms with van der Waals surface area (Å²) in [5.41, 5.74) is 6.12. The topological polar surface area (TPSA) is 80.1 Å². The van der Waals surface area contributed by atoms with Crippen LogP contribution in [-0.2, 0) is 17.6 Å². The van der Waals surface area contributed by atoms with Crippen molar-refractivity contribution >= 4 is 22.5 Å². The van der Waals surface area contributed by atoms with E-state index in [1.54, 1.807) is 0 Å². The molecule has 166 valence electrons. The van der Waals surface area contributed by atoms with Crippen LogP contribution in [0.5, 0.6) is 0 Å². The molecule has 1 fully saturated rings. The molecule has 1 aromatic carbocycles. The van der Waals surface area contributed by atoms with E-state index in [0.29, 0.717) is 18.6 Å². The van der Waals surface area contributed by atoms with E-state index in [1.807, 2.05) is 10.7 Å². The number of rotatable bonds is 4. The highest BCUT2D eigenvalue weighted by Gasteiger charge is 2.26. The molecule has 0 radical (unpaired) electrons. The van der Waals surface area contributed by atoms with Crippen LogP contribution >= 0.6 is 0 Å². The first-order valence-corrected chi connectivity index (χ1v) is 11.9. The van der Waals surface area contributed by atoms with E-state index in [2.05, 4.69) is 53.5 Å². The second-order valence-electron chi connectivity index (χ2n) is 9.52. The third-order valence-corrected chi connectivity index (χ3v) is 6.99. The first kappa shape index (κ1) is 19.7. The largest absolute Gasteiger partial charge is 0.381 e. The number of hydrogen-bond acceptors (Lipinski definition) is 5. The van der Waals surface area contributed by atoms with Gasteiger partial charge in [-0.3, -0.25) is 0 Å². The summed E-state index contributed by atoms with van der Waals surface area (Å²) in [6.45, 7) is 5.91. The second-order valence-corrected chi connectivity index (χ2v) is 9.52. The number of aryl methyl sites for hydroxylation is 1. The molecule has 0 spiro atoms. The van der Waals surface area contributed by atoms with E-state index in [1.165, 1.54) is 22.2 Å². The molecular weight excluding hydrogens is 400 g/mol.